The molecule has 0 heterocycles. The Morgan fingerprint density at radius 3 is 2.68 bits per heavy atom. The number of hydrogen-bond donors (Lipinski definition) is 3. The molecule has 0 saturated carbocycles. The topological polar surface area (TPSA) is 61.4 Å². The highest BCUT2D eigenvalue weighted by Crippen LogP contribution is 2.13. The number of carbonyl (C=O) groups is 1. The van der Waals surface area contributed by atoms with E-state index in [0.717, 1.165) is 34.6 Å². The molecule has 0 aromatic heterocycles. The minimum absolute atomic E-state index is 0.0392. The number of nitrogens with one attached hydrogen (secondary N) is 2. The van der Waals surface area contributed by atoms with Crippen molar-refractivity contribution in [3.8, 4) is 0 Å². The van der Waals surface area contributed by atoms with E-state index >= 15 is 0 Å². The van der Waals surface area contributed by atoms with Gasteiger partial charge in [0.25, 0.3) is 0 Å². The number of thioether (sulfide) groups is 1. The molecule has 0 unspecified atom stereocenters. The van der Waals surface area contributed by atoms with E-state index in [1.54, 1.807) is 11.8 Å². The average molecular weight is 347 g/mol. The van der Waals surface area contributed by atoms with Crippen molar-refractivity contribution in [2.24, 2.45) is 0 Å². The predicted octanol–water partition coefficient (Wildman–Crippen LogP) is 2.09. The van der Waals surface area contributed by atoms with Crippen molar-refractivity contribution < 1.29 is 9.90 Å². The molecule has 0 aliphatic rings. The Morgan fingerprint density at radius 1 is 1.26 bits per heavy atom. The van der Waals surface area contributed by atoms with Gasteiger partial charge in [-0.3, -0.25) is 4.79 Å². The summed E-state index contributed by atoms with van der Waals surface area (Å²) in [4.78, 5) is 11.6. The van der Waals surface area contributed by atoms with E-state index in [4.69, 9.17) is 5.11 Å². The van der Waals surface area contributed by atoms with Crippen molar-refractivity contribution >= 4 is 39.3 Å². The first-order chi connectivity index (χ1) is 9.22. The zero-order valence-electron chi connectivity index (χ0n) is 10.7. The highest BCUT2D eigenvalue weighted by Gasteiger charge is 2.01. The molecule has 3 N–H and O–H groups in total. The lowest BCUT2D eigenvalue weighted by Crippen LogP contribution is -2.29. The third-order valence-corrected chi connectivity index (χ3v) is 3.88. The normalized spacial score (nSPS) is 10.4. The van der Waals surface area contributed by atoms with Gasteiger partial charge in [0.1, 0.15) is 0 Å². The van der Waals surface area contributed by atoms with Crippen LogP contribution in [0.5, 0.6) is 0 Å². The van der Waals surface area contributed by atoms with Crippen LogP contribution in [0.4, 0.5) is 5.69 Å². The van der Waals surface area contributed by atoms with E-state index in [9.17, 15) is 4.79 Å². The molecule has 1 aromatic carbocycles. The number of amides is 1. The van der Waals surface area contributed by atoms with Gasteiger partial charge in [-0.05, 0) is 36.4 Å². The second-order valence-electron chi connectivity index (χ2n) is 3.92. The number of hydrogen-bond acceptors (Lipinski definition) is 4. The number of benzene rings is 1. The quantitative estimate of drug-likeness (QED) is 0.599. The minimum atomic E-state index is -0.0392. The molecule has 6 heteroatoms. The Hall–Kier alpha value is -0.560. The van der Waals surface area contributed by atoms with Gasteiger partial charge in [0.05, 0.1) is 6.54 Å². The summed E-state index contributed by atoms with van der Waals surface area (Å²) in [7, 11) is 0. The lowest BCUT2D eigenvalue weighted by molar-refractivity contribution is -0.115. The maximum absolute atomic E-state index is 11.6. The zero-order valence-corrected chi connectivity index (χ0v) is 13.1. The van der Waals surface area contributed by atoms with Crippen LogP contribution in [0.3, 0.4) is 0 Å². The number of anilines is 1. The molecule has 19 heavy (non-hydrogen) atoms. The fraction of sp³-hybridized carbons (Fsp3) is 0.462. The second-order valence-corrected chi connectivity index (χ2v) is 6.06. The number of carbonyl (C=O) groups excluding carboxylic acids is 1. The van der Waals surface area contributed by atoms with Crippen LogP contribution in [0.15, 0.2) is 28.7 Å². The summed E-state index contributed by atoms with van der Waals surface area (Å²) in [6.45, 7) is 1.36. The standard InChI is InChI=1S/C13H19BrN2O2S/c14-11-2-4-12(5-3-11)16-13(18)10-15-6-9-19-8-1-7-17/h2-5,15,17H,1,6-10H2,(H,16,18). The monoisotopic (exact) mass is 346 g/mol. The van der Waals surface area contributed by atoms with Crippen LogP contribution < -0.4 is 10.6 Å². The molecule has 0 aliphatic heterocycles. The third-order valence-electron chi connectivity index (χ3n) is 2.28. The van der Waals surface area contributed by atoms with Gasteiger partial charge in [-0.25, -0.2) is 0 Å². The van der Waals surface area contributed by atoms with E-state index in [-0.39, 0.29) is 12.5 Å². The minimum Gasteiger partial charge on any atom is -0.396 e. The predicted molar refractivity (Wildman–Crippen MR) is 84.7 cm³/mol. The van der Waals surface area contributed by atoms with Crippen molar-refractivity contribution in [1.82, 2.24) is 5.32 Å². The molecule has 0 spiro atoms. The van der Waals surface area contributed by atoms with Crippen LogP contribution in [0.25, 0.3) is 0 Å². The van der Waals surface area contributed by atoms with Crippen LogP contribution in [-0.2, 0) is 4.79 Å². The lowest BCUT2D eigenvalue weighted by Gasteiger charge is -2.06. The third kappa shape index (κ3) is 8.26. The summed E-state index contributed by atoms with van der Waals surface area (Å²) in [6.07, 6.45) is 0.828. The molecule has 0 aliphatic carbocycles. The first-order valence-electron chi connectivity index (χ1n) is 6.17. The maximum Gasteiger partial charge on any atom is 0.238 e. The number of aliphatic hydroxyl groups is 1. The van der Waals surface area contributed by atoms with Crippen molar-refractivity contribution in [3.63, 3.8) is 0 Å². The average Bonchev–Trinajstić information content (AvgIpc) is 2.40. The van der Waals surface area contributed by atoms with Crippen LogP contribution >= 0.6 is 27.7 Å². The maximum atomic E-state index is 11.6. The molecule has 0 atom stereocenters. The van der Waals surface area contributed by atoms with Gasteiger partial charge in [0.2, 0.25) is 5.91 Å². The van der Waals surface area contributed by atoms with Crippen molar-refractivity contribution in [2.45, 2.75) is 6.42 Å². The number of halogens is 1. The van der Waals surface area contributed by atoms with E-state index in [1.807, 2.05) is 24.3 Å². The van der Waals surface area contributed by atoms with Crippen molar-refractivity contribution in [1.29, 1.82) is 0 Å². The number of aliphatic hydroxyl groups excluding tert-OH is 1. The van der Waals surface area contributed by atoms with Gasteiger partial charge < -0.3 is 15.7 Å². The highest BCUT2D eigenvalue weighted by atomic mass is 79.9. The van der Waals surface area contributed by atoms with Gasteiger partial charge in [0, 0.05) is 29.1 Å². The molecule has 4 nitrogen and oxygen atoms in total. The second kappa shape index (κ2) is 10.3. The van der Waals surface area contributed by atoms with Crippen LogP contribution in [0.1, 0.15) is 6.42 Å². The van der Waals surface area contributed by atoms with E-state index < -0.39 is 0 Å². The smallest absolute Gasteiger partial charge is 0.238 e. The SMILES string of the molecule is O=C(CNCCSCCCO)Nc1ccc(Br)cc1. The summed E-state index contributed by atoms with van der Waals surface area (Å²) in [5, 5.41) is 14.5. The molecule has 1 amide bonds. The van der Waals surface area contributed by atoms with Crippen molar-refractivity contribution in [3.05, 3.63) is 28.7 Å². The Balaban J connectivity index is 2.06. The van der Waals surface area contributed by atoms with Gasteiger partial charge >= 0.3 is 0 Å². The van der Waals surface area contributed by atoms with Crippen LogP contribution in [0, 0.1) is 0 Å². The first-order valence-corrected chi connectivity index (χ1v) is 8.12. The molecular weight excluding hydrogens is 328 g/mol. The molecule has 1 aromatic rings. The first kappa shape index (κ1) is 16.5. The lowest BCUT2D eigenvalue weighted by atomic mass is 10.3. The molecule has 0 saturated heterocycles. The van der Waals surface area contributed by atoms with Gasteiger partial charge in [-0.15, -0.1) is 0 Å². The fourth-order valence-corrected chi connectivity index (χ4v) is 2.44. The Bertz CT molecular complexity index is 373. The van der Waals surface area contributed by atoms with Crippen LogP contribution in [0.2, 0.25) is 0 Å². The Morgan fingerprint density at radius 2 is 2.00 bits per heavy atom. The van der Waals surface area contributed by atoms with Gasteiger partial charge in [0.15, 0.2) is 0 Å². The Kier molecular flexibility index (Phi) is 8.90. The van der Waals surface area contributed by atoms with Gasteiger partial charge in [-0.2, -0.15) is 11.8 Å². The van der Waals surface area contributed by atoms with E-state index in [1.165, 1.54) is 0 Å². The summed E-state index contributed by atoms with van der Waals surface area (Å²) in [6, 6.07) is 7.49. The summed E-state index contributed by atoms with van der Waals surface area (Å²) in [5.41, 5.74) is 0.798. The summed E-state index contributed by atoms with van der Waals surface area (Å²) in [5.74, 6) is 1.87. The molecule has 1 rings (SSSR count). The summed E-state index contributed by atoms with van der Waals surface area (Å²) >= 11 is 5.12. The fourth-order valence-electron chi connectivity index (χ4n) is 1.35. The van der Waals surface area contributed by atoms with Gasteiger partial charge in [-0.1, -0.05) is 15.9 Å². The summed E-state index contributed by atoms with van der Waals surface area (Å²) < 4.78 is 0.989. The highest BCUT2D eigenvalue weighted by molar-refractivity contribution is 9.10. The zero-order chi connectivity index (χ0) is 13.9. The molecule has 0 bridgehead atoms. The molecule has 0 fully saturated rings. The molecule has 0 radical (unpaired) electrons. The van der Waals surface area contributed by atoms with E-state index in [0.29, 0.717) is 6.54 Å². The Labute approximate surface area is 126 Å². The molecule has 106 valence electrons. The number of rotatable bonds is 9. The van der Waals surface area contributed by atoms with E-state index in [2.05, 4.69) is 26.6 Å². The van der Waals surface area contributed by atoms with Crippen molar-refractivity contribution in [2.75, 3.05) is 36.5 Å². The van der Waals surface area contributed by atoms with Crippen LogP contribution in [-0.4, -0.2) is 42.2 Å². The largest absolute Gasteiger partial charge is 0.396 e. The molecular formula is C13H19BrN2O2S.